The van der Waals surface area contributed by atoms with E-state index in [-0.39, 0.29) is 5.96 Å². The van der Waals surface area contributed by atoms with Crippen molar-refractivity contribution in [1.29, 1.82) is 0 Å². The molecule has 10 heteroatoms. The minimum atomic E-state index is 0.161. The summed E-state index contributed by atoms with van der Waals surface area (Å²) >= 11 is 0. The van der Waals surface area contributed by atoms with Gasteiger partial charge in [0.05, 0.1) is 12.8 Å². The lowest BCUT2D eigenvalue weighted by molar-refractivity contribution is 0.414. The molecule has 0 saturated carbocycles. The van der Waals surface area contributed by atoms with Gasteiger partial charge in [-0.1, -0.05) is 84.9 Å². The predicted octanol–water partition coefficient (Wildman–Crippen LogP) is 6.09. The van der Waals surface area contributed by atoms with Crippen molar-refractivity contribution in [1.82, 2.24) is 20.2 Å². The number of nitrogens with one attached hydrogen (secondary N) is 1. The first kappa shape index (κ1) is 28.8. The molecule has 0 saturated heterocycles. The number of hydrogen-bond acceptors (Lipinski definition) is 8. The number of rotatable bonds is 8. The van der Waals surface area contributed by atoms with Crippen LogP contribution in [0.4, 0.5) is 23.1 Å². The van der Waals surface area contributed by atoms with Crippen LogP contribution in [-0.4, -0.2) is 33.2 Å². The molecule has 6 rings (SSSR count). The number of benzene rings is 4. The second kappa shape index (κ2) is 12.9. The van der Waals surface area contributed by atoms with Crippen molar-refractivity contribution in [3.05, 3.63) is 126 Å². The van der Waals surface area contributed by atoms with Gasteiger partial charge in [0, 0.05) is 34.4 Å². The van der Waals surface area contributed by atoms with Gasteiger partial charge in [-0.15, -0.1) is 10.2 Å². The van der Waals surface area contributed by atoms with Crippen molar-refractivity contribution in [2.45, 2.75) is 6.42 Å². The minimum absolute atomic E-state index is 0.161. The summed E-state index contributed by atoms with van der Waals surface area (Å²) in [6.07, 6.45) is 0.494. The van der Waals surface area contributed by atoms with Gasteiger partial charge < -0.3 is 27.3 Å². The summed E-state index contributed by atoms with van der Waals surface area (Å²) in [5.41, 5.74) is 25.9. The minimum Gasteiger partial charge on any atom is -0.497 e. The quantitative estimate of drug-likeness (QED) is 0.121. The van der Waals surface area contributed by atoms with Gasteiger partial charge in [0.1, 0.15) is 17.4 Å². The molecular weight excluding hydrogens is 562 g/mol. The molecule has 2 heterocycles. The SMILES string of the molecule is COc1ccc(Cc2c(N)nc(-c3ccccc3-c3ccccc3NC(N)=Nc3ccc(-c4ccccc4)nn3)nc2N)cc1. The highest BCUT2D eigenvalue weighted by Gasteiger charge is 2.17. The molecule has 0 bridgehead atoms. The molecule has 7 N–H and O–H groups in total. The molecule has 0 amide bonds. The Hall–Kier alpha value is -6.29. The van der Waals surface area contributed by atoms with E-state index in [0.717, 1.165) is 44.9 Å². The molecular formula is C35H31N9O. The number of para-hydroxylation sites is 1. The largest absolute Gasteiger partial charge is 0.497 e. The van der Waals surface area contributed by atoms with Gasteiger partial charge in [-0.05, 0) is 41.5 Å². The number of guanidine groups is 1. The first-order chi connectivity index (χ1) is 22.0. The summed E-state index contributed by atoms with van der Waals surface area (Å²) in [5.74, 6) is 2.39. The van der Waals surface area contributed by atoms with E-state index in [1.807, 2.05) is 109 Å². The summed E-state index contributed by atoms with van der Waals surface area (Å²) in [6, 6.07) is 36.7. The lowest BCUT2D eigenvalue weighted by Crippen LogP contribution is -2.22. The zero-order valence-electron chi connectivity index (χ0n) is 24.6. The molecule has 4 aromatic carbocycles. The standard InChI is InChI=1S/C35H31N9O/c1-45-24-17-15-22(16-18-24)21-28-32(36)41-34(42-33(28)37)27-13-6-5-11-25(27)26-12-7-8-14-30(26)39-35(38)40-31-20-19-29(43-44-31)23-9-3-2-4-10-23/h2-20H,21H2,1H3,(H4,36,37,41,42)(H3,38,39,40,44). The van der Waals surface area contributed by atoms with E-state index in [4.69, 9.17) is 21.9 Å². The first-order valence-electron chi connectivity index (χ1n) is 14.2. The van der Waals surface area contributed by atoms with Crippen molar-refractivity contribution < 1.29 is 4.74 Å². The Labute approximate surface area is 260 Å². The number of anilines is 3. The fourth-order valence-corrected chi connectivity index (χ4v) is 4.95. The molecule has 0 aliphatic carbocycles. The topological polar surface area (TPSA) is 163 Å². The molecule has 10 nitrogen and oxygen atoms in total. The van der Waals surface area contributed by atoms with Crippen LogP contribution in [0.5, 0.6) is 5.75 Å². The smallest absolute Gasteiger partial charge is 0.199 e. The molecule has 0 atom stereocenters. The van der Waals surface area contributed by atoms with E-state index >= 15 is 0 Å². The number of aromatic nitrogens is 4. The zero-order chi connectivity index (χ0) is 31.2. The maximum Gasteiger partial charge on any atom is 0.199 e. The molecule has 0 unspecified atom stereocenters. The third-order valence-electron chi connectivity index (χ3n) is 7.21. The van der Waals surface area contributed by atoms with Gasteiger partial charge in [-0.2, -0.15) is 4.99 Å². The lowest BCUT2D eigenvalue weighted by Gasteiger charge is -2.16. The fraction of sp³-hybridized carbons (Fsp3) is 0.0571. The molecule has 0 radical (unpaired) electrons. The Kier molecular flexibility index (Phi) is 8.27. The monoisotopic (exact) mass is 593 g/mol. The van der Waals surface area contributed by atoms with Crippen LogP contribution in [0.3, 0.4) is 0 Å². The highest BCUT2D eigenvalue weighted by Crippen LogP contribution is 2.36. The summed E-state index contributed by atoms with van der Waals surface area (Å²) in [6.45, 7) is 0. The van der Waals surface area contributed by atoms with Crippen molar-refractivity contribution in [2.24, 2.45) is 10.7 Å². The van der Waals surface area contributed by atoms with Crippen LogP contribution >= 0.6 is 0 Å². The van der Waals surface area contributed by atoms with Crippen LogP contribution in [0.2, 0.25) is 0 Å². The Morgan fingerprint density at radius 2 is 1.36 bits per heavy atom. The van der Waals surface area contributed by atoms with E-state index in [1.165, 1.54) is 0 Å². The predicted molar refractivity (Wildman–Crippen MR) is 180 cm³/mol. The van der Waals surface area contributed by atoms with Crippen LogP contribution in [0.25, 0.3) is 33.8 Å². The van der Waals surface area contributed by atoms with Gasteiger partial charge in [0.15, 0.2) is 17.6 Å². The zero-order valence-corrected chi connectivity index (χ0v) is 24.6. The van der Waals surface area contributed by atoms with E-state index < -0.39 is 0 Å². The molecule has 0 aliphatic heterocycles. The highest BCUT2D eigenvalue weighted by atomic mass is 16.5. The molecule has 2 aromatic heterocycles. The van der Waals surface area contributed by atoms with Crippen molar-refractivity contribution in [2.75, 3.05) is 23.9 Å². The van der Waals surface area contributed by atoms with Crippen molar-refractivity contribution in [3.63, 3.8) is 0 Å². The molecule has 6 aromatic rings. The average molecular weight is 594 g/mol. The fourth-order valence-electron chi connectivity index (χ4n) is 4.95. The normalized spacial score (nSPS) is 11.3. The lowest BCUT2D eigenvalue weighted by atomic mass is 9.97. The van der Waals surface area contributed by atoms with Gasteiger partial charge >= 0.3 is 0 Å². The van der Waals surface area contributed by atoms with Crippen LogP contribution in [0.15, 0.2) is 120 Å². The summed E-state index contributed by atoms with van der Waals surface area (Å²) in [7, 11) is 1.63. The van der Waals surface area contributed by atoms with E-state index in [2.05, 4.69) is 30.5 Å². The van der Waals surface area contributed by atoms with Crippen LogP contribution in [0, 0.1) is 0 Å². The summed E-state index contributed by atoms with van der Waals surface area (Å²) < 4.78 is 5.26. The maximum atomic E-state index is 6.45. The van der Waals surface area contributed by atoms with Gasteiger partial charge in [0.25, 0.3) is 0 Å². The van der Waals surface area contributed by atoms with Crippen molar-refractivity contribution >= 4 is 29.1 Å². The third kappa shape index (κ3) is 6.55. The Bertz CT molecular complexity index is 1940. The number of aliphatic imine (C=N–C) groups is 1. The molecule has 0 fully saturated rings. The van der Waals surface area contributed by atoms with E-state index in [9.17, 15) is 0 Å². The second-order valence-electron chi connectivity index (χ2n) is 10.2. The number of nitrogen functional groups attached to an aromatic ring is 2. The molecule has 45 heavy (non-hydrogen) atoms. The van der Waals surface area contributed by atoms with E-state index in [1.54, 1.807) is 13.2 Å². The maximum absolute atomic E-state index is 6.45. The van der Waals surface area contributed by atoms with Gasteiger partial charge in [-0.25, -0.2) is 9.97 Å². The Morgan fingerprint density at radius 3 is 2.02 bits per heavy atom. The first-order valence-corrected chi connectivity index (χ1v) is 14.2. The average Bonchev–Trinajstić information content (AvgIpc) is 3.07. The number of nitrogens with zero attached hydrogens (tertiary/aromatic N) is 5. The molecule has 222 valence electrons. The van der Waals surface area contributed by atoms with Crippen molar-refractivity contribution in [3.8, 4) is 39.5 Å². The van der Waals surface area contributed by atoms with Crippen LogP contribution < -0.4 is 27.3 Å². The second-order valence-corrected chi connectivity index (χ2v) is 10.2. The number of hydrogen-bond donors (Lipinski definition) is 4. The molecule has 0 spiro atoms. The molecule has 0 aliphatic rings. The van der Waals surface area contributed by atoms with E-state index in [0.29, 0.717) is 35.3 Å². The van der Waals surface area contributed by atoms with Gasteiger partial charge in [-0.3, -0.25) is 0 Å². The number of methoxy groups -OCH3 is 1. The van der Waals surface area contributed by atoms with Crippen LogP contribution in [-0.2, 0) is 6.42 Å². The number of ether oxygens (including phenoxy) is 1. The summed E-state index contributed by atoms with van der Waals surface area (Å²) in [4.78, 5) is 13.8. The van der Waals surface area contributed by atoms with Gasteiger partial charge in [0.2, 0.25) is 0 Å². The Balaban J connectivity index is 1.27. The third-order valence-corrected chi connectivity index (χ3v) is 7.21. The number of nitrogens with two attached hydrogens (primary N) is 3. The highest BCUT2D eigenvalue weighted by molar-refractivity contribution is 5.99. The summed E-state index contributed by atoms with van der Waals surface area (Å²) in [5, 5.41) is 11.7. The van der Waals surface area contributed by atoms with Crippen LogP contribution in [0.1, 0.15) is 11.1 Å². The Morgan fingerprint density at radius 1 is 0.711 bits per heavy atom.